The maximum Gasteiger partial charge on any atom is 0.417 e. The summed E-state index contributed by atoms with van der Waals surface area (Å²) in [6.07, 6.45) is -0.0345. The summed E-state index contributed by atoms with van der Waals surface area (Å²) in [7, 11) is 0. The Morgan fingerprint density at radius 3 is 2.43 bits per heavy atom. The van der Waals surface area contributed by atoms with Gasteiger partial charge in [-0.25, -0.2) is 4.98 Å². The van der Waals surface area contributed by atoms with Gasteiger partial charge in [0.15, 0.2) is 0 Å². The highest BCUT2D eigenvalue weighted by Crippen LogP contribution is 2.40. The van der Waals surface area contributed by atoms with E-state index >= 15 is 0 Å². The van der Waals surface area contributed by atoms with Gasteiger partial charge in [-0.15, -0.1) is 0 Å². The SMILES string of the molecule is Cc1ccc(OC2C[C@H]3CC[C@@H](C2)N3c2ccc(C(F)(F)F)cn2)c(C#N)c1. The second-order valence-corrected chi connectivity index (χ2v) is 7.52. The number of piperidine rings is 1. The number of ether oxygens (including phenoxy) is 1. The number of hydrogen-bond donors (Lipinski definition) is 0. The fraction of sp³-hybridized carbons (Fsp3) is 0.429. The molecule has 1 aromatic heterocycles. The normalized spacial score (nSPS) is 24.1. The number of hydrogen-bond acceptors (Lipinski definition) is 4. The Balaban J connectivity index is 1.49. The van der Waals surface area contributed by atoms with Crippen LogP contribution in [0.3, 0.4) is 0 Å². The average Bonchev–Trinajstić information content (AvgIpc) is 2.93. The summed E-state index contributed by atoms with van der Waals surface area (Å²) in [5.41, 5.74) is 0.802. The van der Waals surface area contributed by atoms with Crippen LogP contribution in [0.2, 0.25) is 0 Å². The molecule has 0 spiro atoms. The first-order valence-corrected chi connectivity index (χ1v) is 9.34. The molecule has 0 radical (unpaired) electrons. The Labute approximate surface area is 161 Å². The van der Waals surface area contributed by atoms with Crippen molar-refractivity contribution in [3.63, 3.8) is 0 Å². The van der Waals surface area contributed by atoms with Crippen molar-refractivity contribution in [3.8, 4) is 11.8 Å². The number of pyridine rings is 1. The zero-order valence-corrected chi connectivity index (χ0v) is 15.4. The minimum absolute atomic E-state index is 0.0157. The Morgan fingerprint density at radius 2 is 1.86 bits per heavy atom. The molecule has 2 saturated heterocycles. The summed E-state index contributed by atoms with van der Waals surface area (Å²) in [5, 5.41) is 9.33. The fourth-order valence-electron chi connectivity index (χ4n) is 4.32. The van der Waals surface area contributed by atoms with Crippen LogP contribution in [0.15, 0.2) is 36.5 Å². The van der Waals surface area contributed by atoms with Crippen molar-refractivity contribution in [2.45, 2.75) is 57.0 Å². The molecule has 3 heterocycles. The van der Waals surface area contributed by atoms with Crippen LogP contribution in [-0.4, -0.2) is 23.2 Å². The molecule has 3 atom stereocenters. The lowest BCUT2D eigenvalue weighted by atomic mass is 9.99. The number of nitriles is 1. The topological polar surface area (TPSA) is 49.1 Å². The number of anilines is 1. The molecule has 0 saturated carbocycles. The number of halogens is 3. The van der Waals surface area contributed by atoms with E-state index in [9.17, 15) is 18.4 Å². The van der Waals surface area contributed by atoms with E-state index in [1.807, 2.05) is 25.1 Å². The first-order chi connectivity index (χ1) is 13.3. The number of alkyl halides is 3. The van der Waals surface area contributed by atoms with Gasteiger partial charge in [0.05, 0.1) is 11.1 Å². The highest BCUT2D eigenvalue weighted by Gasteiger charge is 2.42. The minimum Gasteiger partial charge on any atom is -0.489 e. The zero-order valence-electron chi connectivity index (χ0n) is 15.4. The van der Waals surface area contributed by atoms with Crippen molar-refractivity contribution >= 4 is 5.82 Å². The summed E-state index contributed by atoms with van der Waals surface area (Å²) < 4.78 is 44.5. The first kappa shape index (κ1) is 18.6. The van der Waals surface area contributed by atoms with E-state index in [4.69, 9.17) is 4.74 Å². The zero-order chi connectivity index (χ0) is 19.9. The van der Waals surface area contributed by atoms with E-state index in [0.717, 1.165) is 43.5 Å². The van der Waals surface area contributed by atoms with E-state index in [1.165, 1.54) is 6.07 Å². The molecule has 28 heavy (non-hydrogen) atoms. The largest absolute Gasteiger partial charge is 0.489 e. The lowest BCUT2D eigenvalue weighted by Crippen LogP contribution is -2.46. The third-order valence-corrected chi connectivity index (χ3v) is 5.58. The van der Waals surface area contributed by atoms with Crippen LogP contribution >= 0.6 is 0 Å². The predicted octanol–water partition coefficient (Wildman–Crippen LogP) is 4.86. The molecule has 0 N–H and O–H groups in total. The van der Waals surface area contributed by atoms with E-state index in [-0.39, 0.29) is 18.2 Å². The van der Waals surface area contributed by atoms with Crippen molar-refractivity contribution in [3.05, 3.63) is 53.2 Å². The molecule has 2 aliphatic heterocycles. The van der Waals surface area contributed by atoms with Gasteiger partial charge < -0.3 is 9.64 Å². The molecule has 0 aliphatic carbocycles. The third kappa shape index (κ3) is 3.51. The summed E-state index contributed by atoms with van der Waals surface area (Å²) >= 11 is 0. The standard InChI is InChI=1S/C21H20F3N3O/c1-13-2-6-19(14(8-13)11-25)28-18-9-16-4-5-17(10-18)27(16)20-7-3-15(12-26-20)21(22,23)24/h2-3,6-8,12,16-18H,4-5,9-10H2,1H3/t16-,17+,18?. The molecule has 4 nitrogen and oxygen atoms in total. The number of nitrogens with zero attached hydrogens (tertiary/aromatic N) is 3. The summed E-state index contributed by atoms with van der Waals surface area (Å²) in [6, 6.07) is 10.7. The Kier molecular flexibility index (Phi) is 4.66. The molecular formula is C21H20F3N3O. The number of rotatable bonds is 3. The van der Waals surface area contributed by atoms with Gasteiger partial charge in [0.25, 0.3) is 0 Å². The van der Waals surface area contributed by atoms with Crippen molar-refractivity contribution in [1.29, 1.82) is 5.26 Å². The van der Waals surface area contributed by atoms with Crippen LogP contribution in [-0.2, 0) is 6.18 Å². The van der Waals surface area contributed by atoms with Crippen molar-refractivity contribution in [2.75, 3.05) is 4.90 Å². The van der Waals surface area contributed by atoms with E-state index < -0.39 is 11.7 Å². The van der Waals surface area contributed by atoms with Crippen LogP contribution in [0, 0.1) is 18.3 Å². The van der Waals surface area contributed by atoms with Crippen molar-refractivity contribution in [1.82, 2.24) is 4.98 Å². The van der Waals surface area contributed by atoms with Gasteiger partial charge in [-0.1, -0.05) is 6.07 Å². The van der Waals surface area contributed by atoms with Gasteiger partial charge >= 0.3 is 6.18 Å². The number of aryl methyl sites for hydroxylation is 1. The van der Waals surface area contributed by atoms with Crippen LogP contribution in [0.1, 0.15) is 42.4 Å². The van der Waals surface area contributed by atoms with Gasteiger partial charge in [-0.2, -0.15) is 18.4 Å². The molecule has 2 aromatic rings. The summed E-state index contributed by atoms with van der Waals surface area (Å²) in [4.78, 5) is 6.22. The van der Waals surface area contributed by atoms with Crippen LogP contribution in [0.4, 0.5) is 19.0 Å². The number of aromatic nitrogens is 1. The van der Waals surface area contributed by atoms with E-state index in [0.29, 0.717) is 17.1 Å². The maximum absolute atomic E-state index is 12.8. The minimum atomic E-state index is -4.38. The van der Waals surface area contributed by atoms with Crippen molar-refractivity contribution < 1.29 is 17.9 Å². The highest BCUT2D eigenvalue weighted by molar-refractivity contribution is 5.47. The first-order valence-electron chi connectivity index (χ1n) is 9.34. The second kappa shape index (κ2) is 7.01. The molecule has 2 bridgehead atoms. The highest BCUT2D eigenvalue weighted by atomic mass is 19.4. The number of fused-ring (bicyclic) bond motifs is 2. The Bertz CT molecular complexity index is 891. The maximum atomic E-state index is 12.8. The molecule has 0 amide bonds. The van der Waals surface area contributed by atoms with Gasteiger partial charge in [-0.3, -0.25) is 0 Å². The fourth-order valence-corrected chi connectivity index (χ4v) is 4.32. The molecule has 7 heteroatoms. The average molecular weight is 387 g/mol. The summed E-state index contributed by atoms with van der Waals surface area (Å²) in [6.45, 7) is 1.93. The molecule has 4 rings (SSSR count). The van der Waals surface area contributed by atoms with Crippen molar-refractivity contribution in [2.24, 2.45) is 0 Å². The lowest BCUT2D eigenvalue weighted by molar-refractivity contribution is -0.137. The van der Waals surface area contributed by atoms with Gasteiger partial charge in [0.2, 0.25) is 0 Å². The molecule has 1 aromatic carbocycles. The number of benzene rings is 1. The van der Waals surface area contributed by atoms with Crippen LogP contribution < -0.4 is 9.64 Å². The summed E-state index contributed by atoms with van der Waals surface area (Å²) in [5.74, 6) is 1.19. The second-order valence-electron chi connectivity index (χ2n) is 7.52. The van der Waals surface area contributed by atoms with E-state index in [2.05, 4.69) is 16.0 Å². The monoisotopic (exact) mass is 387 g/mol. The van der Waals surface area contributed by atoms with Gasteiger partial charge in [-0.05, 0) is 49.6 Å². The Hall–Kier alpha value is -2.75. The molecular weight excluding hydrogens is 367 g/mol. The van der Waals surface area contributed by atoms with Gasteiger partial charge in [0, 0.05) is 31.1 Å². The van der Waals surface area contributed by atoms with Crippen LogP contribution in [0.5, 0.6) is 5.75 Å². The Morgan fingerprint density at radius 1 is 1.14 bits per heavy atom. The smallest absolute Gasteiger partial charge is 0.417 e. The van der Waals surface area contributed by atoms with E-state index in [1.54, 1.807) is 0 Å². The molecule has 146 valence electrons. The lowest BCUT2D eigenvalue weighted by Gasteiger charge is -2.39. The predicted molar refractivity (Wildman–Crippen MR) is 98.1 cm³/mol. The molecule has 2 aliphatic rings. The quantitative estimate of drug-likeness (QED) is 0.755. The van der Waals surface area contributed by atoms with Gasteiger partial charge in [0.1, 0.15) is 23.7 Å². The molecule has 1 unspecified atom stereocenters. The molecule has 2 fully saturated rings. The third-order valence-electron chi connectivity index (χ3n) is 5.58. The van der Waals surface area contributed by atoms with Crippen LogP contribution in [0.25, 0.3) is 0 Å².